The molecule has 4 nitrogen and oxygen atoms in total. The summed E-state index contributed by atoms with van der Waals surface area (Å²) in [5, 5.41) is 11.3. The zero-order valence-corrected chi connectivity index (χ0v) is 9.44. The Morgan fingerprint density at radius 1 is 1.53 bits per heavy atom. The van der Waals surface area contributed by atoms with Crippen LogP contribution in [-0.2, 0) is 6.54 Å². The smallest absolute Gasteiger partial charge is 0.129 e. The molecule has 17 heavy (non-hydrogen) atoms. The van der Waals surface area contributed by atoms with Crippen LogP contribution < -0.4 is 5.73 Å². The van der Waals surface area contributed by atoms with E-state index >= 15 is 0 Å². The van der Waals surface area contributed by atoms with Gasteiger partial charge in [-0.25, -0.2) is 4.39 Å². The Kier molecular flexibility index (Phi) is 2.91. The van der Waals surface area contributed by atoms with Crippen LogP contribution in [0.3, 0.4) is 0 Å². The van der Waals surface area contributed by atoms with E-state index in [1.165, 1.54) is 6.07 Å². The van der Waals surface area contributed by atoms with Crippen LogP contribution in [0.1, 0.15) is 16.7 Å². The molecule has 0 radical (unpaired) electrons. The number of hydrogen-bond acceptors (Lipinski definition) is 2. The Balaban J connectivity index is 2.25. The van der Waals surface area contributed by atoms with E-state index in [1.54, 1.807) is 23.0 Å². The topological polar surface area (TPSA) is 67.7 Å². The molecular weight excluding hydrogens is 219 g/mol. The predicted molar refractivity (Wildman–Crippen MR) is 63.5 cm³/mol. The van der Waals surface area contributed by atoms with Crippen LogP contribution in [-0.4, -0.2) is 15.6 Å². The van der Waals surface area contributed by atoms with Gasteiger partial charge in [0.25, 0.3) is 0 Å². The molecule has 2 aromatic rings. The maximum absolute atomic E-state index is 13.7. The van der Waals surface area contributed by atoms with Crippen LogP contribution in [0.5, 0.6) is 0 Å². The van der Waals surface area contributed by atoms with E-state index in [0.29, 0.717) is 17.7 Å². The lowest BCUT2D eigenvalue weighted by Crippen LogP contribution is -2.12. The summed E-state index contributed by atoms with van der Waals surface area (Å²) in [6.07, 6.45) is 3.57. The van der Waals surface area contributed by atoms with Crippen molar-refractivity contribution in [3.63, 3.8) is 0 Å². The SMILES string of the molecule is Cc1cnn(Cc2ccc(C(=N)N)cc2F)c1. The normalized spacial score (nSPS) is 10.5. The minimum Gasteiger partial charge on any atom is -0.384 e. The van der Waals surface area contributed by atoms with Crippen LogP contribution in [0.25, 0.3) is 0 Å². The van der Waals surface area contributed by atoms with Crippen molar-refractivity contribution in [1.29, 1.82) is 5.41 Å². The molecule has 0 aliphatic heterocycles. The summed E-state index contributed by atoms with van der Waals surface area (Å²) in [5.74, 6) is -0.503. The van der Waals surface area contributed by atoms with Crippen molar-refractivity contribution < 1.29 is 4.39 Å². The summed E-state index contributed by atoms with van der Waals surface area (Å²) in [6, 6.07) is 4.54. The Morgan fingerprint density at radius 3 is 2.82 bits per heavy atom. The van der Waals surface area contributed by atoms with Gasteiger partial charge in [0.05, 0.1) is 12.7 Å². The van der Waals surface area contributed by atoms with Crippen LogP contribution >= 0.6 is 0 Å². The van der Waals surface area contributed by atoms with Crippen molar-refractivity contribution in [1.82, 2.24) is 9.78 Å². The molecule has 0 saturated heterocycles. The monoisotopic (exact) mass is 232 g/mol. The number of nitrogens with one attached hydrogen (secondary N) is 1. The average Bonchev–Trinajstić information content (AvgIpc) is 2.67. The number of amidine groups is 1. The minimum absolute atomic E-state index is 0.134. The number of aryl methyl sites for hydroxylation is 1. The highest BCUT2D eigenvalue weighted by atomic mass is 19.1. The first kappa shape index (κ1) is 11.3. The fraction of sp³-hybridized carbons (Fsp3) is 0.167. The summed E-state index contributed by atoms with van der Waals surface area (Å²) < 4.78 is 15.4. The fourth-order valence-electron chi connectivity index (χ4n) is 1.57. The highest BCUT2D eigenvalue weighted by molar-refractivity contribution is 5.94. The van der Waals surface area contributed by atoms with Gasteiger partial charge in [0.15, 0.2) is 0 Å². The Labute approximate surface area is 98.4 Å². The van der Waals surface area contributed by atoms with Gasteiger partial charge in [0, 0.05) is 17.3 Å². The minimum atomic E-state index is -0.370. The van der Waals surface area contributed by atoms with Crippen molar-refractivity contribution in [2.24, 2.45) is 5.73 Å². The first-order valence-corrected chi connectivity index (χ1v) is 5.18. The molecule has 3 N–H and O–H groups in total. The molecule has 0 spiro atoms. The maximum atomic E-state index is 13.7. The first-order valence-electron chi connectivity index (χ1n) is 5.18. The van der Waals surface area contributed by atoms with Gasteiger partial charge in [0.1, 0.15) is 11.7 Å². The molecule has 0 unspecified atom stereocenters. The third-order valence-corrected chi connectivity index (χ3v) is 2.46. The molecule has 0 bridgehead atoms. The first-order chi connectivity index (χ1) is 8.06. The van der Waals surface area contributed by atoms with Crippen LogP contribution in [0.15, 0.2) is 30.6 Å². The lowest BCUT2D eigenvalue weighted by atomic mass is 10.1. The number of aromatic nitrogens is 2. The maximum Gasteiger partial charge on any atom is 0.129 e. The lowest BCUT2D eigenvalue weighted by Gasteiger charge is -2.05. The highest BCUT2D eigenvalue weighted by Gasteiger charge is 2.06. The average molecular weight is 232 g/mol. The number of hydrogen-bond donors (Lipinski definition) is 2. The number of nitrogens with zero attached hydrogens (tertiary/aromatic N) is 2. The van der Waals surface area contributed by atoms with Gasteiger partial charge in [-0.2, -0.15) is 5.10 Å². The third-order valence-electron chi connectivity index (χ3n) is 2.46. The summed E-state index contributed by atoms with van der Waals surface area (Å²) in [5.41, 5.74) is 7.24. The molecule has 1 aromatic carbocycles. The van der Waals surface area contributed by atoms with Gasteiger partial charge in [-0.1, -0.05) is 12.1 Å². The standard InChI is InChI=1S/C12H13FN4/c1-8-5-16-17(6-8)7-10-3-2-9(12(14)15)4-11(10)13/h2-6H,7H2,1H3,(H3,14,15). The van der Waals surface area contributed by atoms with E-state index in [9.17, 15) is 4.39 Å². The largest absolute Gasteiger partial charge is 0.384 e. The van der Waals surface area contributed by atoms with E-state index in [-0.39, 0.29) is 11.7 Å². The van der Waals surface area contributed by atoms with E-state index in [0.717, 1.165) is 5.56 Å². The van der Waals surface area contributed by atoms with Gasteiger partial charge < -0.3 is 5.73 Å². The van der Waals surface area contributed by atoms with Crippen LogP contribution in [0.4, 0.5) is 4.39 Å². The quantitative estimate of drug-likeness (QED) is 0.624. The van der Waals surface area contributed by atoms with Gasteiger partial charge in [-0.05, 0) is 18.6 Å². The van der Waals surface area contributed by atoms with Crippen molar-refractivity contribution in [3.05, 3.63) is 53.1 Å². The molecule has 0 aliphatic carbocycles. The molecule has 0 atom stereocenters. The van der Waals surface area contributed by atoms with Crippen LogP contribution in [0, 0.1) is 18.2 Å². The van der Waals surface area contributed by atoms with E-state index in [4.69, 9.17) is 11.1 Å². The Hall–Kier alpha value is -2.17. The molecule has 1 aromatic heterocycles. The van der Waals surface area contributed by atoms with Crippen molar-refractivity contribution in [2.75, 3.05) is 0 Å². The van der Waals surface area contributed by atoms with E-state index < -0.39 is 0 Å². The summed E-state index contributed by atoms with van der Waals surface area (Å²) >= 11 is 0. The zero-order chi connectivity index (χ0) is 12.4. The Bertz CT molecular complexity index is 559. The number of nitrogen functional groups attached to an aromatic ring is 1. The van der Waals surface area contributed by atoms with E-state index in [1.807, 2.05) is 13.1 Å². The summed E-state index contributed by atoms with van der Waals surface area (Å²) in [6.45, 7) is 2.30. The molecule has 0 fully saturated rings. The predicted octanol–water partition coefficient (Wildman–Crippen LogP) is 1.66. The van der Waals surface area contributed by atoms with E-state index in [2.05, 4.69) is 5.10 Å². The number of rotatable bonds is 3. The highest BCUT2D eigenvalue weighted by Crippen LogP contribution is 2.12. The molecule has 0 aliphatic rings. The second kappa shape index (κ2) is 4.37. The Morgan fingerprint density at radius 2 is 2.29 bits per heavy atom. The molecule has 0 saturated carbocycles. The summed E-state index contributed by atoms with van der Waals surface area (Å²) in [4.78, 5) is 0. The van der Waals surface area contributed by atoms with Crippen molar-refractivity contribution in [2.45, 2.75) is 13.5 Å². The van der Waals surface area contributed by atoms with Gasteiger partial charge in [-0.3, -0.25) is 10.1 Å². The van der Waals surface area contributed by atoms with Gasteiger partial charge in [-0.15, -0.1) is 0 Å². The molecule has 2 rings (SSSR count). The van der Waals surface area contributed by atoms with Crippen molar-refractivity contribution in [3.8, 4) is 0 Å². The summed E-state index contributed by atoms with van der Waals surface area (Å²) in [7, 11) is 0. The zero-order valence-electron chi connectivity index (χ0n) is 9.44. The third kappa shape index (κ3) is 2.50. The molecule has 88 valence electrons. The van der Waals surface area contributed by atoms with Crippen LogP contribution in [0.2, 0.25) is 0 Å². The van der Waals surface area contributed by atoms with Crippen molar-refractivity contribution >= 4 is 5.84 Å². The second-order valence-corrected chi connectivity index (χ2v) is 3.94. The van der Waals surface area contributed by atoms with Gasteiger partial charge in [0.2, 0.25) is 0 Å². The second-order valence-electron chi connectivity index (χ2n) is 3.94. The number of nitrogens with two attached hydrogens (primary N) is 1. The molecular formula is C12H13FN4. The number of benzene rings is 1. The lowest BCUT2D eigenvalue weighted by molar-refractivity contribution is 0.585. The fourth-order valence-corrected chi connectivity index (χ4v) is 1.57. The molecule has 5 heteroatoms. The number of halogens is 1. The molecule has 1 heterocycles. The molecule has 0 amide bonds. The van der Waals surface area contributed by atoms with Gasteiger partial charge >= 0.3 is 0 Å².